The van der Waals surface area contributed by atoms with E-state index in [2.05, 4.69) is 22.2 Å². The van der Waals surface area contributed by atoms with E-state index in [1.54, 1.807) is 0 Å². The van der Waals surface area contributed by atoms with Crippen molar-refractivity contribution in [3.05, 3.63) is 12.2 Å². The molecular weight excluding hydrogens is 381 g/mol. The van der Waals surface area contributed by atoms with Gasteiger partial charge < -0.3 is 28.3 Å². The van der Waals surface area contributed by atoms with Crippen LogP contribution >= 0.6 is 0 Å². The maximum Gasteiger partial charge on any atom is 1.00 e. The van der Waals surface area contributed by atoms with E-state index in [1.165, 1.54) is 11.8 Å². The predicted octanol–water partition coefficient (Wildman–Crippen LogP) is -3.96. The zero-order chi connectivity index (χ0) is 20.0. The van der Waals surface area contributed by atoms with Gasteiger partial charge in [-0.3, -0.25) is 9.96 Å². The van der Waals surface area contributed by atoms with Gasteiger partial charge in [-0.15, -0.1) is 0 Å². The summed E-state index contributed by atoms with van der Waals surface area (Å²) in [6, 6.07) is -0.683. The van der Waals surface area contributed by atoms with Crippen LogP contribution in [0.15, 0.2) is 12.2 Å². The number of primary amides is 1. The number of unbranched alkanes of at least 4 members (excludes halogenated alkanes) is 1. The van der Waals surface area contributed by atoms with Crippen molar-refractivity contribution in [3.8, 4) is 0 Å². The Balaban J connectivity index is -0.000000398. The van der Waals surface area contributed by atoms with Crippen molar-refractivity contribution < 1.29 is 62.5 Å². The third-order valence-corrected chi connectivity index (χ3v) is 2.77. The van der Waals surface area contributed by atoms with Crippen LogP contribution in [0, 0.1) is 5.41 Å². The number of urea groups is 1. The molecule has 0 aromatic rings. The van der Waals surface area contributed by atoms with Crippen molar-refractivity contribution in [2.24, 2.45) is 17.2 Å². The van der Waals surface area contributed by atoms with Crippen LogP contribution < -0.4 is 46.8 Å². The average Bonchev–Trinajstić information content (AvgIpc) is 2.42. The number of amides is 2. The van der Waals surface area contributed by atoms with Crippen LogP contribution in [0.25, 0.3) is 0 Å². The number of esters is 1. The molecule has 0 saturated carbocycles. The van der Waals surface area contributed by atoms with Gasteiger partial charge in [0.2, 0.25) is 0 Å². The van der Waals surface area contributed by atoms with Gasteiger partial charge in [-0.05, 0) is 19.8 Å². The van der Waals surface area contributed by atoms with E-state index >= 15 is 0 Å². The van der Waals surface area contributed by atoms with Gasteiger partial charge in [0.25, 0.3) is 0 Å². The third-order valence-electron chi connectivity index (χ3n) is 2.31. The molecule has 0 rings (SSSR count). The number of nitrogens with one attached hydrogen (secondary N) is 1. The average molecular weight is 407 g/mol. The van der Waals surface area contributed by atoms with Crippen LogP contribution in [0.2, 0.25) is 0 Å². The Labute approximate surface area is 176 Å². The molecular formula is C12H26N5NaO7S. The number of hydrogen-bond acceptors (Lipinski definition) is 7. The van der Waals surface area contributed by atoms with E-state index in [-0.39, 0.29) is 68.8 Å². The summed E-state index contributed by atoms with van der Waals surface area (Å²) in [7, 11) is -4.44. The number of hydrogen-bond donors (Lipinski definition) is 5. The van der Waals surface area contributed by atoms with Crippen molar-refractivity contribution in [2.45, 2.75) is 19.8 Å². The van der Waals surface area contributed by atoms with Crippen LogP contribution in [0.5, 0.6) is 0 Å². The van der Waals surface area contributed by atoms with Gasteiger partial charge >= 0.3 is 52.0 Å². The van der Waals surface area contributed by atoms with Crippen molar-refractivity contribution in [1.29, 1.82) is 5.41 Å². The van der Waals surface area contributed by atoms with E-state index in [0.717, 1.165) is 0 Å². The first-order chi connectivity index (χ1) is 11.4. The molecule has 0 spiro atoms. The summed E-state index contributed by atoms with van der Waals surface area (Å²) < 4.78 is 37.9. The molecule has 0 aliphatic rings. The van der Waals surface area contributed by atoms with Gasteiger partial charge in [0, 0.05) is 12.1 Å². The van der Waals surface area contributed by atoms with Crippen LogP contribution in [0.4, 0.5) is 4.79 Å². The molecule has 0 fully saturated rings. The molecule has 0 aliphatic heterocycles. The molecule has 26 heavy (non-hydrogen) atoms. The molecule has 12 nitrogen and oxygen atoms in total. The Morgan fingerprint density at radius 3 is 2.08 bits per heavy atom. The Bertz CT molecular complexity index is 572. The van der Waals surface area contributed by atoms with Gasteiger partial charge in [0.1, 0.15) is 6.61 Å². The molecule has 0 aromatic carbocycles. The van der Waals surface area contributed by atoms with E-state index in [0.29, 0.717) is 12.8 Å². The van der Waals surface area contributed by atoms with Gasteiger partial charge in [0.15, 0.2) is 5.96 Å². The van der Waals surface area contributed by atoms with Crippen molar-refractivity contribution in [2.75, 3.05) is 26.3 Å². The summed E-state index contributed by atoms with van der Waals surface area (Å²) in [5, 5.41) is 6.06. The molecule has 0 aromatic heterocycles. The van der Waals surface area contributed by atoms with E-state index in [1.807, 2.05) is 0 Å². The molecule has 14 heteroatoms. The fourth-order valence-electron chi connectivity index (χ4n) is 1.27. The summed E-state index contributed by atoms with van der Waals surface area (Å²) in [5.41, 5.74) is 14.4. The second kappa shape index (κ2) is 15.8. The molecule has 148 valence electrons. The molecule has 0 aliphatic carbocycles. The molecule has 0 bridgehead atoms. The summed E-state index contributed by atoms with van der Waals surface area (Å²) in [5.74, 6) is -0.888. The van der Waals surface area contributed by atoms with Gasteiger partial charge in [-0.2, -0.15) is 8.42 Å². The Morgan fingerprint density at radius 1 is 1.19 bits per heavy atom. The summed E-state index contributed by atoms with van der Waals surface area (Å²) in [6.45, 7) is 5.07. The monoisotopic (exact) mass is 407 g/mol. The summed E-state index contributed by atoms with van der Waals surface area (Å²) in [4.78, 5) is 23.5. The van der Waals surface area contributed by atoms with Crippen LogP contribution in [0.3, 0.4) is 0 Å². The summed E-state index contributed by atoms with van der Waals surface area (Å²) >= 11 is 0. The second-order valence-electron chi connectivity index (χ2n) is 4.65. The molecule has 0 heterocycles. The minimum atomic E-state index is -4.44. The Kier molecular flexibility index (Phi) is 17.9. The van der Waals surface area contributed by atoms with E-state index < -0.39 is 22.4 Å². The normalized spacial score (nSPS) is 9.77. The molecule has 2 amide bonds. The maximum absolute atomic E-state index is 11.2. The number of carbonyl (C=O) groups excluding carboxylic acids is 2. The molecule has 0 saturated heterocycles. The standard InChI is InChI=1S/C11H20N2O7S.CH5N3.Na.H/c1-9(2)10(14)19-8-6-13(11(12)15)5-3-4-7-20-21(16,17)18;2-1(3)4;;/h1,3-8H2,2H3,(H2,12,15)(H,16,17,18);(H5,2,3,4);;/q;;+1;-1. The number of nitrogens with zero attached hydrogens (tertiary/aromatic N) is 1. The fraction of sp³-hybridized carbons (Fsp3) is 0.583. The fourth-order valence-corrected chi connectivity index (χ4v) is 1.60. The van der Waals surface area contributed by atoms with Crippen molar-refractivity contribution in [3.63, 3.8) is 0 Å². The first kappa shape index (κ1) is 29.4. The van der Waals surface area contributed by atoms with Gasteiger partial charge in [-0.1, -0.05) is 6.58 Å². The van der Waals surface area contributed by atoms with Crippen LogP contribution in [-0.2, 0) is 24.1 Å². The van der Waals surface area contributed by atoms with Gasteiger partial charge in [-0.25, -0.2) is 13.8 Å². The molecule has 0 atom stereocenters. The predicted molar refractivity (Wildman–Crippen MR) is 90.9 cm³/mol. The Morgan fingerprint density at radius 2 is 1.69 bits per heavy atom. The molecule has 0 unspecified atom stereocenters. The van der Waals surface area contributed by atoms with E-state index in [4.69, 9.17) is 20.4 Å². The minimum Gasteiger partial charge on any atom is -1.00 e. The number of rotatable bonds is 10. The number of carbonyl (C=O) groups is 2. The first-order valence-electron chi connectivity index (χ1n) is 6.95. The van der Waals surface area contributed by atoms with Crippen LogP contribution in [-0.4, -0.2) is 62.1 Å². The molecule has 0 radical (unpaired) electrons. The number of ether oxygens (including phenoxy) is 1. The van der Waals surface area contributed by atoms with Crippen LogP contribution in [0.1, 0.15) is 21.2 Å². The zero-order valence-corrected chi connectivity index (χ0v) is 17.8. The first-order valence-corrected chi connectivity index (χ1v) is 8.31. The van der Waals surface area contributed by atoms with Crippen molar-refractivity contribution >= 4 is 28.4 Å². The smallest absolute Gasteiger partial charge is 1.00 e. The van der Waals surface area contributed by atoms with Crippen molar-refractivity contribution in [1.82, 2.24) is 4.90 Å². The van der Waals surface area contributed by atoms with Gasteiger partial charge in [0.05, 0.1) is 13.2 Å². The van der Waals surface area contributed by atoms with E-state index in [9.17, 15) is 18.0 Å². The SMILES string of the molecule is C=C(C)C(=O)OCCN(CCCCOS(=O)(=O)O)C(N)=O.N=C(N)N.[H-].[Na+]. The number of nitrogens with two attached hydrogens (primary N) is 3. The quantitative estimate of drug-likeness (QED) is 0.0454. The maximum atomic E-state index is 11.2. The third kappa shape index (κ3) is 22.6. The molecule has 8 N–H and O–H groups in total. The number of guanidine groups is 1. The second-order valence-corrected chi connectivity index (χ2v) is 5.74. The zero-order valence-electron chi connectivity index (χ0n) is 15.9. The minimum absolute atomic E-state index is 0. The Hall–Kier alpha value is -1.38. The topological polar surface area (TPSA) is 212 Å². The summed E-state index contributed by atoms with van der Waals surface area (Å²) in [6.07, 6.45) is 0.710. The largest absolute Gasteiger partial charge is 1.00 e.